The van der Waals surface area contributed by atoms with Gasteiger partial charge in [0.25, 0.3) is 5.91 Å². The van der Waals surface area contributed by atoms with Crippen LogP contribution in [0.1, 0.15) is 11.1 Å². The van der Waals surface area contributed by atoms with Crippen molar-refractivity contribution >= 4 is 29.6 Å². The van der Waals surface area contributed by atoms with Crippen molar-refractivity contribution in [3.05, 3.63) is 58.6 Å². The summed E-state index contributed by atoms with van der Waals surface area (Å²) in [5.41, 5.74) is 1.36. The first-order chi connectivity index (χ1) is 14.0. The highest BCUT2D eigenvalue weighted by molar-refractivity contribution is 6.31. The Kier molecular flexibility index (Phi) is 8.36. The monoisotopic (exact) mass is 419 g/mol. The van der Waals surface area contributed by atoms with Crippen molar-refractivity contribution in [3.8, 4) is 17.2 Å². The summed E-state index contributed by atoms with van der Waals surface area (Å²) in [4.78, 5) is 23.8. The Morgan fingerprint density at radius 1 is 1.00 bits per heavy atom. The average Bonchev–Trinajstić information content (AvgIpc) is 2.74. The Morgan fingerprint density at radius 2 is 1.66 bits per heavy atom. The summed E-state index contributed by atoms with van der Waals surface area (Å²) < 4.78 is 20.7. The Labute approximate surface area is 174 Å². The molecule has 29 heavy (non-hydrogen) atoms. The number of halogens is 1. The van der Waals surface area contributed by atoms with E-state index in [0.717, 1.165) is 5.56 Å². The van der Waals surface area contributed by atoms with Crippen LogP contribution >= 0.6 is 11.6 Å². The summed E-state index contributed by atoms with van der Waals surface area (Å²) in [6.07, 6.45) is 2.70. The molecule has 2 aromatic carbocycles. The van der Waals surface area contributed by atoms with Crippen molar-refractivity contribution < 1.29 is 28.5 Å². The summed E-state index contributed by atoms with van der Waals surface area (Å²) in [6, 6.07) is 10.5. The predicted octanol–water partition coefficient (Wildman–Crippen LogP) is 3.24. The molecule has 0 aliphatic rings. The highest BCUT2D eigenvalue weighted by Gasteiger charge is 2.11. The van der Waals surface area contributed by atoms with Crippen molar-refractivity contribution in [3.63, 3.8) is 0 Å². The maximum Gasteiger partial charge on any atom is 0.331 e. The molecule has 0 heterocycles. The lowest BCUT2D eigenvalue weighted by Crippen LogP contribution is -2.28. The van der Waals surface area contributed by atoms with Crippen LogP contribution in [0.25, 0.3) is 6.08 Å². The molecule has 0 unspecified atom stereocenters. The van der Waals surface area contributed by atoms with E-state index in [4.69, 9.17) is 30.5 Å². The van der Waals surface area contributed by atoms with Gasteiger partial charge in [0.15, 0.2) is 18.1 Å². The number of carbonyl (C=O) groups excluding carboxylic acids is 2. The normalized spacial score (nSPS) is 10.5. The summed E-state index contributed by atoms with van der Waals surface area (Å²) in [6.45, 7) is -0.161. The van der Waals surface area contributed by atoms with E-state index < -0.39 is 18.5 Å². The standard InChI is InChI=1S/C21H22ClNO6/c1-26-17-11-19(28-3)18(27-2)10-14(17)8-9-21(25)29-13-20(24)23-12-15-6-4-5-7-16(15)22/h4-11H,12-13H2,1-3H3,(H,23,24)/b9-8+. The fourth-order valence-corrected chi connectivity index (χ4v) is 2.61. The van der Waals surface area contributed by atoms with Gasteiger partial charge in [-0.3, -0.25) is 4.79 Å². The molecule has 0 aliphatic heterocycles. The first-order valence-electron chi connectivity index (χ1n) is 8.63. The number of esters is 1. The second-order valence-corrected chi connectivity index (χ2v) is 6.17. The first kappa shape index (κ1) is 22.1. The molecule has 0 saturated heterocycles. The molecule has 1 N–H and O–H groups in total. The minimum Gasteiger partial charge on any atom is -0.496 e. The van der Waals surface area contributed by atoms with E-state index in [1.165, 1.54) is 33.5 Å². The van der Waals surface area contributed by atoms with Crippen LogP contribution in [-0.4, -0.2) is 39.8 Å². The summed E-state index contributed by atoms with van der Waals surface area (Å²) in [7, 11) is 4.52. The van der Waals surface area contributed by atoms with Crippen molar-refractivity contribution in [2.45, 2.75) is 6.54 Å². The fraction of sp³-hybridized carbons (Fsp3) is 0.238. The van der Waals surface area contributed by atoms with Crippen LogP contribution in [0.15, 0.2) is 42.5 Å². The van der Waals surface area contributed by atoms with Crippen LogP contribution in [0.4, 0.5) is 0 Å². The number of benzene rings is 2. The molecule has 0 saturated carbocycles. The quantitative estimate of drug-likeness (QED) is 0.496. The number of ether oxygens (including phenoxy) is 4. The molecule has 0 bridgehead atoms. The van der Waals surface area contributed by atoms with Crippen molar-refractivity contribution in [1.82, 2.24) is 5.32 Å². The van der Waals surface area contributed by atoms with E-state index in [2.05, 4.69) is 5.32 Å². The zero-order chi connectivity index (χ0) is 21.2. The summed E-state index contributed by atoms with van der Waals surface area (Å²) in [5, 5.41) is 3.19. The number of rotatable bonds is 9. The van der Waals surface area contributed by atoms with Gasteiger partial charge in [-0.1, -0.05) is 29.8 Å². The van der Waals surface area contributed by atoms with E-state index in [-0.39, 0.29) is 6.54 Å². The predicted molar refractivity (Wildman–Crippen MR) is 109 cm³/mol. The van der Waals surface area contributed by atoms with Gasteiger partial charge in [-0.2, -0.15) is 0 Å². The van der Waals surface area contributed by atoms with Crippen molar-refractivity contribution in [1.29, 1.82) is 0 Å². The topological polar surface area (TPSA) is 83.1 Å². The molecule has 0 aliphatic carbocycles. The summed E-state index contributed by atoms with van der Waals surface area (Å²) >= 11 is 6.03. The molecular formula is C21H22ClNO6. The second-order valence-electron chi connectivity index (χ2n) is 5.76. The van der Waals surface area contributed by atoms with Crippen LogP contribution in [0, 0.1) is 0 Å². The van der Waals surface area contributed by atoms with Gasteiger partial charge < -0.3 is 24.3 Å². The van der Waals surface area contributed by atoms with Gasteiger partial charge in [0.05, 0.1) is 21.3 Å². The third-order valence-electron chi connectivity index (χ3n) is 3.91. The first-order valence-corrected chi connectivity index (χ1v) is 9.01. The smallest absolute Gasteiger partial charge is 0.331 e. The molecule has 0 spiro atoms. The van der Waals surface area contributed by atoms with Crippen molar-refractivity contribution in [2.75, 3.05) is 27.9 Å². The number of hydrogen-bond donors (Lipinski definition) is 1. The zero-order valence-electron chi connectivity index (χ0n) is 16.4. The maximum absolute atomic E-state index is 11.9. The largest absolute Gasteiger partial charge is 0.496 e. The lowest BCUT2D eigenvalue weighted by Gasteiger charge is -2.12. The fourth-order valence-electron chi connectivity index (χ4n) is 2.41. The zero-order valence-corrected chi connectivity index (χ0v) is 17.1. The van der Waals surface area contributed by atoms with Crippen LogP contribution in [0.2, 0.25) is 5.02 Å². The number of hydrogen-bond acceptors (Lipinski definition) is 6. The highest BCUT2D eigenvalue weighted by Crippen LogP contribution is 2.35. The SMILES string of the molecule is COc1cc(OC)c(OC)cc1/C=C/C(=O)OCC(=O)NCc1ccccc1Cl. The van der Waals surface area contributed by atoms with E-state index in [9.17, 15) is 9.59 Å². The molecule has 0 atom stereocenters. The molecule has 2 aromatic rings. The molecule has 0 aromatic heterocycles. The van der Waals surface area contributed by atoms with Gasteiger partial charge in [0.2, 0.25) is 0 Å². The van der Waals surface area contributed by atoms with Crippen LogP contribution in [-0.2, 0) is 20.9 Å². The molecule has 2 rings (SSSR count). The van der Waals surface area contributed by atoms with Gasteiger partial charge in [-0.25, -0.2) is 4.79 Å². The molecule has 7 nitrogen and oxygen atoms in total. The van der Waals surface area contributed by atoms with Crippen LogP contribution < -0.4 is 19.5 Å². The molecular weight excluding hydrogens is 398 g/mol. The third-order valence-corrected chi connectivity index (χ3v) is 4.28. The van der Waals surface area contributed by atoms with Gasteiger partial charge >= 0.3 is 5.97 Å². The Hall–Kier alpha value is -3.19. The van der Waals surface area contributed by atoms with Gasteiger partial charge in [-0.05, 0) is 23.8 Å². The number of methoxy groups -OCH3 is 3. The van der Waals surface area contributed by atoms with E-state index in [1.54, 1.807) is 30.3 Å². The third kappa shape index (κ3) is 6.43. The van der Waals surface area contributed by atoms with E-state index in [1.807, 2.05) is 6.07 Å². The van der Waals surface area contributed by atoms with Crippen LogP contribution in [0.5, 0.6) is 17.2 Å². The van der Waals surface area contributed by atoms with Gasteiger partial charge in [0.1, 0.15) is 5.75 Å². The maximum atomic E-state index is 11.9. The Balaban J connectivity index is 1.91. The Morgan fingerprint density at radius 3 is 2.31 bits per heavy atom. The lowest BCUT2D eigenvalue weighted by molar-refractivity contribution is -0.143. The Bertz CT molecular complexity index is 897. The number of nitrogens with one attached hydrogen (secondary N) is 1. The van der Waals surface area contributed by atoms with E-state index in [0.29, 0.717) is 27.8 Å². The molecule has 0 fully saturated rings. The number of amides is 1. The molecule has 154 valence electrons. The lowest BCUT2D eigenvalue weighted by atomic mass is 10.1. The molecule has 1 amide bonds. The van der Waals surface area contributed by atoms with Crippen LogP contribution in [0.3, 0.4) is 0 Å². The van der Waals surface area contributed by atoms with Gasteiger partial charge in [-0.15, -0.1) is 0 Å². The second kappa shape index (κ2) is 11.0. The average molecular weight is 420 g/mol. The summed E-state index contributed by atoms with van der Waals surface area (Å²) in [5.74, 6) is 0.369. The van der Waals surface area contributed by atoms with Crippen molar-refractivity contribution in [2.24, 2.45) is 0 Å². The molecule has 0 radical (unpaired) electrons. The highest BCUT2D eigenvalue weighted by atomic mass is 35.5. The van der Waals surface area contributed by atoms with E-state index >= 15 is 0 Å². The molecule has 8 heteroatoms. The minimum absolute atomic E-state index is 0.245. The van der Waals surface area contributed by atoms with Gasteiger partial charge in [0, 0.05) is 29.3 Å². The minimum atomic E-state index is -0.672. The number of carbonyl (C=O) groups is 2.